The number of oxime groups is 1. The lowest BCUT2D eigenvalue weighted by Gasteiger charge is -2.07. The Labute approximate surface area is 156 Å². The highest BCUT2D eigenvalue weighted by Gasteiger charge is 2.07. The summed E-state index contributed by atoms with van der Waals surface area (Å²) < 4.78 is 15.0. The fourth-order valence-electron chi connectivity index (χ4n) is 2.13. The molecule has 142 valence electrons. The molecule has 0 spiro atoms. The van der Waals surface area contributed by atoms with Crippen LogP contribution in [0.3, 0.4) is 0 Å². The van der Waals surface area contributed by atoms with Crippen molar-refractivity contribution in [1.29, 1.82) is 0 Å². The molecule has 8 nitrogen and oxygen atoms in total. The molecule has 0 atom stereocenters. The van der Waals surface area contributed by atoms with Gasteiger partial charge in [0.15, 0.2) is 18.1 Å². The van der Waals surface area contributed by atoms with Crippen LogP contribution in [-0.2, 0) is 14.4 Å². The van der Waals surface area contributed by atoms with Crippen LogP contribution in [0.5, 0.6) is 11.5 Å². The van der Waals surface area contributed by atoms with E-state index in [4.69, 9.17) is 14.3 Å². The second-order valence-electron chi connectivity index (χ2n) is 5.24. The van der Waals surface area contributed by atoms with Crippen LogP contribution < -0.4 is 14.8 Å². The molecule has 0 heterocycles. The van der Waals surface area contributed by atoms with Crippen LogP contribution in [0, 0.1) is 0 Å². The summed E-state index contributed by atoms with van der Waals surface area (Å²) in [7, 11) is 4.39. The second-order valence-corrected chi connectivity index (χ2v) is 5.24. The van der Waals surface area contributed by atoms with Gasteiger partial charge in [0.05, 0.1) is 33.1 Å². The van der Waals surface area contributed by atoms with Crippen LogP contribution in [0.2, 0.25) is 0 Å². The molecule has 0 aliphatic carbocycles. The molecule has 1 N–H and O–H groups in total. The summed E-state index contributed by atoms with van der Waals surface area (Å²) in [5.74, 6) is 0.341. The van der Waals surface area contributed by atoms with Gasteiger partial charge in [0.2, 0.25) is 0 Å². The predicted octanol–water partition coefficient (Wildman–Crippen LogP) is 2.48. The van der Waals surface area contributed by atoms with Crippen LogP contribution in [-0.4, -0.2) is 46.0 Å². The molecule has 0 unspecified atom stereocenters. The third kappa shape index (κ3) is 5.74. The van der Waals surface area contributed by atoms with Gasteiger partial charge in [-0.25, -0.2) is 4.79 Å². The van der Waals surface area contributed by atoms with Crippen LogP contribution in [0.4, 0.5) is 5.69 Å². The molecule has 0 aromatic heterocycles. The number of benzene rings is 2. The van der Waals surface area contributed by atoms with Crippen molar-refractivity contribution >= 4 is 23.8 Å². The van der Waals surface area contributed by atoms with Gasteiger partial charge in [0.1, 0.15) is 0 Å². The van der Waals surface area contributed by atoms with Crippen molar-refractivity contribution in [3.63, 3.8) is 0 Å². The second kappa shape index (κ2) is 9.81. The lowest BCUT2D eigenvalue weighted by atomic mass is 10.2. The number of hydrogen-bond acceptors (Lipinski definition) is 7. The maximum absolute atomic E-state index is 11.8. The van der Waals surface area contributed by atoms with E-state index in [1.165, 1.54) is 20.4 Å². The van der Waals surface area contributed by atoms with Crippen molar-refractivity contribution < 1.29 is 28.6 Å². The minimum Gasteiger partial charge on any atom is -0.493 e. The average Bonchev–Trinajstić information content (AvgIpc) is 2.71. The number of anilines is 1. The van der Waals surface area contributed by atoms with Gasteiger partial charge < -0.3 is 24.4 Å². The molecule has 2 rings (SSSR count). The minimum absolute atomic E-state index is 0.261. The monoisotopic (exact) mass is 372 g/mol. The fraction of sp³-hybridized carbons (Fsp3) is 0.211. The number of esters is 1. The smallest absolute Gasteiger partial charge is 0.337 e. The van der Waals surface area contributed by atoms with Crippen LogP contribution in [0.1, 0.15) is 15.9 Å². The molecule has 27 heavy (non-hydrogen) atoms. The Bertz CT molecular complexity index is 817. The number of methoxy groups -OCH3 is 3. The van der Waals surface area contributed by atoms with Gasteiger partial charge >= 0.3 is 5.97 Å². The largest absolute Gasteiger partial charge is 0.493 e. The SMILES string of the molecule is COC(=O)c1ccc(NC(=O)CO/N=C\c2ccc(OC)c(OC)c2)cc1. The van der Waals surface area contributed by atoms with Gasteiger partial charge in [-0.1, -0.05) is 5.16 Å². The summed E-state index contributed by atoms with van der Waals surface area (Å²) in [6, 6.07) is 11.5. The first-order chi connectivity index (χ1) is 13.1. The molecule has 0 bridgehead atoms. The zero-order valence-electron chi connectivity index (χ0n) is 15.2. The van der Waals surface area contributed by atoms with Crippen molar-refractivity contribution in [2.75, 3.05) is 33.3 Å². The Morgan fingerprint density at radius 1 is 1.00 bits per heavy atom. The Kier molecular flexibility index (Phi) is 7.18. The Hall–Kier alpha value is -3.55. The molecule has 0 fully saturated rings. The van der Waals surface area contributed by atoms with Crippen LogP contribution in [0.15, 0.2) is 47.6 Å². The van der Waals surface area contributed by atoms with Gasteiger partial charge in [0, 0.05) is 11.3 Å². The van der Waals surface area contributed by atoms with Crippen molar-refractivity contribution in [2.45, 2.75) is 0 Å². The number of nitrogens with zero attached hydrogens (tertiary/aromatic N) is 1. The van der Waals surface area contributed by atoms with E-state index in [2.05, 4.69) is 15.2 Å². The van der Waals surface area contributed by atoms with Crippen molar-refractivity contribution in [1.82, 2.24) is 0 Å². The Balaban J connectivity index is 1.83. The highest BCUT2D eigenvalue weighted by Crippen LogP contribution is 2.26. The standard InChI is InChI=1S/C19H20N2O6/c1-24-16-9-4-13(10-17(16)25-2)11-20-27-12-18(22)21-15-7-5-14(6-8-15)19(23)26-3/h4-11H,12H2,1-3H3,(H,21,22)/b20-11-. The van der Waals surface area contributed by atoms with Gasteiger partial charge in [-0.05, 0) is 42.5 Å². The van der Waals surface area contributed by atoms with E-state index < -0.39 is 5.97 Å². The summed E-state index contributed by atoms with van der Waals surface area (Å²) in [5, 5.41) is 6.39. The van der Waals surface area contributed by atoms with Gasteiger partial charge in [0.25, 0.3) is 5.91 Å². The average molecular weight is 372 g/mol. The third-order valence-corrected chi connectivity index (χ3v) is 3.47. The Morgan fingerprint density at radius 2 is 1.70 bits per heavy atom. The zero-order valence-corrected chi connectivity index (χ0v) is 15.2. The van der Waals surface area contributed by atoms with Crippen LogP contribution >= 0.6 is 0 Å². The van der Waals surface area contributed by atoms with E-state index in [1.807, 2.05) is 0 Å². The maximum atomic E-state index is 11.8. The van der Waals surface area contributed by atoms with Gasteiger partial charge in [-0.2, -0.15) is 0 Å². The van der Waals surface area contributed by atoms with Crippen molar-refractivity contribution in [3.05, 3.63) is 53.6 Å². The van der Waals surface area contributed by atoms with Crippen molar-refractivity contribution in [2.24, 2.45) is 5.16 Å². The number of amides is 1. The zero-order chi connectivity index (χ0) is 19.6. The molecule has 8 heteroatoms. The first-order valence-corrected chi connectivity index (χ1v) is 7.93. The third-order valence-electron chi connectivity index (χ3n) is 3.47. The van der Waals surface area contributed by atoms with E-state index in [0.717, 1.165) is 5.56 Å². The number of hydrogen-bond donors (Lipinski definition) is 1. The number of carbonyl (C=O) groups excluding carboxylic acids is 2. The van der Waals surface area contributed by atoms with Gasteiger partial charge in [-0.15, -0.1) is 0 Å². The fourth-order valence-corrected chi connectivity index (χ4v) is 2.13. The number of carbonyl (C=O) groups is 2. The molecule has 0 saturated heterocycles. The lowest BCUT2D eigenvalue weighted by Crippen LogP contribution is -2.17. The summed E-state index contributed by atoms with van der Waals surface area (Å²) in [6.45, 7) is -0.261. The number of rotatable bonds is 8. The molecule has 2 aromatic carbocycles. The summed E-state index contributed by atoms with van der Waals surface area (Å²) in [6.07, 6.45) is 1.46. The maximum Gasteiger partial charge on any atom is 0.337 e. The quantitative estimate of drug-likeness (QED) is 0.434. The first kappa shape index (κ1) is 19.8. The van der Waals surface area contributed by atoms with E-state index >= 15 is 0 Å². The first-order valence-electron chi connectivity index (χ1n) is 7.93. The predicted molar refractivity (Wildman–Crippen MR) is 99.5 cm³/mol. The van der Waals surface area contributed by atoms with E-state index in [-0.39, 0.29) is 12.5 Å². The Morgan fingerprint density at radius 3 is 2.33 bits per heavy atom. The number of nitrogens with one attached hydrogen (secondary N) is 1. The normalized spacial score (nSPS) is 10.3. The lowest BCUT2D eigenvalue weighted by molar-refractivity contribution is -0.120. The van der Waals surface area contributed by atoms with E-state index in [0.29, 0.717) is 22.7 Å². The molecule has 0 saturated carbocycles. The highest BCUT2D eigenvalue weighted by atomic mass is 16.6. The summed E-state index contributed by atoms with van der Waals surface area (Å²) >= 11 is 0. The van der Waals surface area contributed by atoms with Crippen molar-refractivity contribution in [3.8, 4) is 11.5 Å². The molecule has 0 aliphatic heterocycles. The molecule has 2 aromatic rings. The highest BCUT2D eigenvalue weighted by molar-refractivity contribution is 5.93. The summed E-state index contributed by atoms with van der Waals surface area (Å²) in [5.41, 5.74) is 1.65. The molecular formula is C19H20N2O6. The number of ether oxygens (including phenoxy) is 3. The topological polar surface area (TPSA) is 95.5 Å². The van der Waals surface area contributed by atoms with E-state index in [1.54, 1.807) is 49.6 Å². The molecule has 0 aliphatic rings. The van der Waals surface area contributed by atoms with E-state index in [9.17, 15) is 9.59 Å². The molecular weight excluding hydrogens is 352 g/mol. The van der Waals surface area contributed by atoms with Crippen LogP contribution in [0.25, 0.3) is 0 Å². The summed E-state index contributed by atoms with van der Waals surface area (Å²) in [4.78, 5) is 28.2. The molecule has 1 amide bonds. The molecule has 0 radical (unpaired) electrons. The minimum atomic E-state index is -0.444. The van der Waals surface area contributed by atoms with Gasteiger partial charge in [-0.3, -0.25) is 4.79 Å².